The maximum Gasteiger partial charge on any atom is 0.309 e. The van der Waals surface area contributed by atoms with Crippen molar-refractivity contribution in [3.05, 3.63) is 30.1 Å². The van der Waals surface area contributed by atoms with Crippen LogP contribution in [-0.4, -0.2) is 85.6 Å². The van der Waals surface area contributed by atoms with Crippen LogP contribution in [0.3, 0.4) is 0 Å². The summed E-state index contributed by atoms with van der Waals surface area (Å²) in [5, 5.41) is 5.50. The topological polar surface area (TPSA) is 86.8 Å². The predicted molar refractivity (Wildman–Crippen MR) is 106 cm³/mol. The molecule has 2 fully saturated rings. The molecule has 154 valence electrons. The van der Waals surface area contributed by atoms with Crippen molar-refractivity contribution in [3.8, 4) is 0 Å². The second-order valence-corrected chi connectivity index (χ2v) is 7.50. The molecule has 3 rings (SSSR count). The minimum Gasteiger partial charge on any atom is -0.379 e. The molecule has 0 radical (unpaired) electrons. The predicted octanol–water partition coefficient (Wildman–Crippen LogP) is -0.142. The summed E-state index contributed by atoms with van der Waals surface area (Å²) in [5.74, 6) is -0.641. The third-order valence-electron chi connectivity index (χ3n) is 5.41. The molecule has 0 spiro atoms. The molecule has 2 aliphatic heterocycles. The normalized spacial score (nSPS) is 19.3. The molecule has 0 unspecified atom stereocenters. The molecule has 2 aliphatic rings. The Balaban J connectivity index is 1.26. The van der Waals surface area contributed by atoms with E-state index in [2.05, 4.69) is 31.5 Å². The Morgan fingerprint density at radius 2 is 1.82 bits per heavy atom. The number of ether oxygens (including phenoxy) is 1. The maximum atomic E-state index is 12.0. The number of piperidine rings is 1. The molecule has 2 saturated heterocycles. The Hall–Kier alpha value is -2.03. The lowest BCUT2D eigenvalue weighted by atomic mass is 9.96. The van der Waals surface area contributed by atoms with Crippen LogP contribution in [0.2, 0.25) is 0 Å². The van der Waals surface area contributed by atoms with Gasteiger partial charge in [0.15, 0.2) is 0 Å². The zero-order chi connectivity index (χ0) is 19.6. The molecule has 0 aliphatic carbocycles. The van der Waals surface area contributed by atoms with Crippen LogP contribution < -0.4 is 10.6 Å². The highest BCUT2D eigenvalue weighted by atomic mass is 16.5. The highest BCUT2D eigenvalue weighted by Gasteiger charge is 2.21. The summed E-state index contributed by atoms with van der Waals surface area (Å²) in [7, 11) is 0. The molecule has 1 aromatic rings. The smallest absolute Gasteiger partial charge is 0.309 e. The van der Waals surface area contributed by atoms with Crippen LogP contribution in [0.5, 0.6) is 0 Å². The van der Waals surface area contributed by atoms with E-state index in [0.29, 0.717) is 19.0 Å². The van der Waals surface area contributed by atoms with E-state index in [1.807, 2.05) is 12.3 Å². The molecular weight excluding hydrogens is 358 g/mol. The summed E-state index contributed by atoms with van der Waals surface area (Å²) in [6.07, 6.45) is 5.75. The number of nitrogens with one attached hydrogen (secondary N) is 2. The molecule has 2 N–H and O–H groups in total. The average Bonchev–Trinajstić information content (AvgIpc) is 2.74. The van der Waals surface area contributed by atoms with Gasteiger partial charge in [-0.15, -0.1) is 0 Å². The number of carbonyl (C=O) groups excluding carboxylic acids is 2. The minimum absolute atomic E-state index is 0.426. The maximum absolute atomic E-state index is 12.0. The fourth-order valence-corrected chi connectivity index (χ4v) is 3.65. The number of rotatable bonds is 7. The summed E-state index contributed by atoms with van der Waals surface area (Å²) >= 11 is 0. The van der Waals surface area contributed by atoms with Crippen LogP contribution in [0.1, 0.15) is 18.4 Å². The van der Waals surface area contributed by atoms with Crippen molar-refractivity contribution in [2.75, 3.05) is 59.0 Å². The SMILES string of the molecule is O=C(NCCN1CCOCC1)C(=O)NCC1CCN(Cc2cccnc2)CC1. The van der Waals surface area contributed by atoms with Crippen LogP contribution in [-0.2, 0) is 20.9 Å². The molecule has 28 heavy (non-hydrogen) atoms. The first-order chi connectivity index (χ1) is 13.7. The van der Waals surface area contributed by atoms with Gasteiger partial charge in [0.1, 0.15) is 0 Å². The van der Waals surface area contributed by atoms with E-state index < -0.39 is 11.8 Å². The number of pyridine rings is 1. The molecule has 1 aromatic heterocycles. The van der Waals surface area contributed by atoms with Crippen molar-refractivity contribution in [2.24, 2.45) is 5.92 Å². The quantitative estimate of drug-likeness (QED) is 0.631. The van der Waals surface area contributed by atoms with Gasteiger partial charge in [0.2, 0.25) is 0 Å². The molecular formula is C20H31N5O3. The van der Waals surface area contributed by atoms with Crippen molar-refractivity contribution >= 4 is 11.8 Å². The van der Waals surface area contributed by atoms with Crippen LogP contribution in [0.25, 0.3) is 0 Å². The highest BCUT2D eigenvalue weighted by molar-refractivity contribution is 6.35. The zero-order valence-electron chi connectivity index (χ0n) is 16.4. The van der Waals surface area contributed by atoms with Gasteiger partial charge >= 0.3 is 11.8 Å². The van der Waals surface area contributed by atoms with E-state index in [0.717, 1.165) is 65.3 Å². The van der Waals surface area contributed by atoms with Crippen LogP contribution >= 0.6 is 0 Å². The molecule has 8 heteroatoms. The molecule has 3 heterocycles. The van der Waals surface area contributed by atoms with Gasteiger partial charge in [0.05, 0.1) is 13.2 Å². The van der Waals surface area contributed by atoms with E-state index in [-0.39, 0.29) is 0 Å². The van der Waals surface area contributed by atoms with E-state index >= 15 is 0 Å². The zero-order valence-corrected chi connectivity index (χ0v) is 16.4. The third kappa shape index (κ3) is 6.85. The van der Waals surface area contributed by atoms with Crippen molar-refractivity contribution in [2.45, 2.75) is 19.4 Å². The number of carbonyl (C=O) groups is 2. The number of likely N-dealkylation sites (tertiary alicyclic amines) is 1. The first kappa shape index (κ1) is 20.7. The minimum atomic E-state index is -0.540. The second-order valence-electron chi connectivity index (χ2n) is 7.50. The fraction of sp³-hybridized carbons (Fsp3) is 0.650. The summed E-state index contributed by atoms with van der Waals surface area (Å²) in [6, 6.07) is 4.06. The van der Waals surface area contributed by atoms with Gasteiger partial charge in [-0.2, -0.15) is 0 Å². The standard InChI is InChI=1S/C20H31N5O3/c26-19(22-6-9-24-10-12-28-13-11-24)20(27)23-15-17-3-7-25(8-4-17)16-18-2-1-5-21-14-18/h1-2,5,14,17H,3-4,6-13,15-16H2,(H,22,26)(H,23,27). The van der Waals surface area contributed by atoms with Crippen LogP contribution in [0.15, 0.2) is 24.5 Å². The third-order valence-corrected chi connectivity index (χ3v) is 5.41. The summed E-state index contributed by atoms with van der Waals surface area (Å²) in [6.45, 7) is 7.93. The van der Waals surface area contributed by atoms with E-state index in [1.165, 1.54) is 5.56 Å². The Morgan fingerprint density at radius 1 is 1.07 bits per heavy atom. The highest BCUT2D eigenvalue weighted by Crippen LogP contribution is 2.18. The van der Waals surface area contributed by atoms with E-state index in [1.54, 1.807) is 6.20 Å². The summed E-state index contributed by atoms with van der Waals surface area (Å²) in [4.78, 5) is 32.7. The number of morpholine rings is 1. The Bertz CT molecular complexity index is 614. The van der Waals surface area contributed by atoms with Gasteiger partial charge in [0, 0.05) is 51.7 Å². The second kappa shape index (κ2) is 11.1. The van der Waals surface area contributed by atoms with E-state index in [4.69, 9.17) is 4.74 Å². The van der Waals surface area contributed by atoms with Crippen molar-refractivity contribution < 1.29 is 14.3 Å². The molecule has 0 aromatic carbocycles. The number of amides is 2. The van der Waals surface area contributed by atoms with Gasteiger partial charge in [0.25, 0.3) is 0 Å². The first-order valence-electron chi connectivity index (χ1n) is 10.2. The summed E-state index contributed by atoms with van der Waals surface area (Å²) in [5.41, 5.74) is 1.23. The number of aromatic nitrogens is 1. The molecule has 0 bridgehead atoms. The monoisotopic (exact) mass is 389 g/mol. The molecule has 8 nitrogen and oxygen atoms in total. The number of hydrogen-bond donors (Lipinski definition) is 2. The van der Waals surface area contributed by atoms with Crippen molar-refractivity contribution in [3.63, 3.8) is 0 Å². The molecule has 0 atom stereocenters. The van der Waals surface area contributed by atoms with Gasteiger partial charge in [-0.25, -0.2) is 0 Å². The lowest BCUT2D eigenvalue weighted by molar-refractivity contribution is -0.139. The fourth-order valence-electron chi connectivity index (χ4n) is 3.65. The van der Waals surface area contributed by atoms with Crippen molar-refractivity contribution in [1.29, 1.82) is 0 Å². The molecule has 0 saturated carbocycles. The van der Waals surface area contributed by atoms with Crippen LogP contribution in [0, 0.1) is 5.92 Å². The average molecular weight is 390 g/mol. The number of hydrogen-bond acceptors (Lipinski definition) is 6. The lowest BCUT2D eigenvalue weighted by Gasteiger charge is -2.31. The number of nitrogens with zero attached hydrogens (tertiary/aromatic N) is 3. The van der Waals surface area contributed by atoms with E-state index in [9.17, 15) is 9.59 Å². The Kier molecular flexibility index (Phi) is 8.20. The molecule has 2 amide bonds. The van der Waals surface area contributed by atoms with Gasteiger partial charge in [-0.3, -0.25) is 24.4 Å². The lowest BCUT2D eigenvalue weighted by Crippen LogP contribution is -2.46. The summed E-state index contributed by atoms with van der Waals surface area (Å²) < 4.78 is 5.29. The van der Waals surface area contributed by atoms with Gasteiger partial charge in [-0.1, -0.05) is 6.07 Å². The van der Waals surface area contributed by atoms with Crippen molar-refractivity contribution in [1.82, 2.24) is 25.4 Å². The largest absolute Gasteiger partial charge is 0.379 e. The van der Waals surface area contributed by atoms with Gasteiger partial charge < -0.3 is 15.4 Å². The van der Waals surface area contributed by atoms with Crippen LogP contribution in [0.4, 0.5) is 0 Å². The Labute approximate surface area is 166 Å². The van der Waals surface area contributed by atoms with Gasteiger partial charge in [-0.05, 0) is 43.5 Å². The Morgan fingerprint density at radius 3 is 2.54 bits per heavy atom. The first-order valence-corrected chi connectivity index (χ1v) is 10.2.